The summed E-state index contributed by atoms with van der Waals surface area (Å²) in [4.78, 5) is 25.3. The van der Waals surface area contributed by atoms with Gasteiger partial charge in [-0.1, -0.05) is 0 Å². The number of carbonyl (C=O) groups is 1. The number of urea groups is 1. The summed E-state index contributed by atoms with van der Waals surface area (Å²) in [7, 11) is 0. The van der Waals surface area contributed by atoms with Crippen LogP contribution in [0.3, 0.4) is 0 Å². The molecule has 0 spiro atoms. The van der Waals surface area contributed by atoms with E-state index in [0.29, 0.717) is 45.4 Å². The Balaban J connectivity index is 1.70. The number of hydrogen-bond donors (Lipinski definition) is 1. The highest BCUT2D eigenvalue weighted by atomic mass is 16.5. The third-order valence-electron chi connectivity index (χ3n) is 4.26. The molecule has 0 aromatic carbocycles. The summed E-state index contributed by atoms with van der Waals surface area (Å²) < 4.78 is 5.33. The molecular formula is C16H25N5O2. The van der Waals surface area contributed by atoms with Crippen LogP contribution >= 0.6 is 0 Å². The van der Waals surface area contributed by atoms with Crippen molar-refractivity contribution in [1.82, 2.24) is 19.8 Å². The zero-order valence-electron chi connectivity index (χ0n) is 13.9. The van der Waals surface area contributed by atoms with E-state index in [1.807, 2.05) is 9.80 Å². The fourth-order valence-corrected chi connectivity index (χ4v) is 3.07. The van der Waals surface area contributed by atoms with Gasteiger partial charge in [0.05, 0.1) is 18.9 Å². The van der Waals surface area contributed by atoms with Crippen molar-refractivity contribution in [2.24, 2.45) is 0 Å². The highest BCUT2D eigenvalue weighted by Crippen LogP contribution is 2.21. The van der Waals surface area contributed by atoms with Crippen molar-refractivity contribution in [3.63, 3.8) is 0 Å². The summed E-state index contributed by atoms with van der Waals surface area (Å²) in [5.41, 5.74) is 2.21. The van der Waals surface area contributed by atoms with E-state index in [-0.39, 0.29) is 6.03 Å². The predicted octanol–water partition coefficient (Wildman–Crippen LogP) is 1.15. The molecule has 0 radical (unpaired) electrons. The smallest absolute Gasteiger partial charge is 0.320 e. The summed E-state index contributed by atoms with van der Waals surface area (Å²) in [6.45, 7) is 8.25. The van der Waals surface area contributed by atoms with Crippen LogP contribution in [0.25, 0.3) is 0 Å². The standard InChI is InChI=1S/C16H25N5O2/c1-12(2)19-15-13-3-5-20(6-4-14(13)17-11-18-15)16(22)21-7-9-23-10-8-21/h11-12H,3-10H2,1-2H3,(H,17,18,19). The molecule has 0 unspecified atom stereocenters. The zero-order valence-corrected chi connectivity index (χ0v) is 13.9. The third kappa shape index (κ3) is 3.72. The van der Waals surface area contributed by atoms with Gasteiger partial charge in [0, 0.05) is 44.2 Å². The minimum absolute atomic E-state index is 0.118. The molecule has 1 aromatic heterocycles. The van der Waals surface area contributed by atoms with Gasteiger partial charge in [-0.3, -0.25) is 0 Å². The van der Waals surface area contributed by atoms with E-state index >= 15 is 0 Å². The quantitative estimate of drug-likeness (QED) is 0.885. The van der Waals surface area contributed by atoms with Crippen molar-refractivity contribution in [3.05, 3.63) is 17.6 Å². The van der Waals surface area contributed by atoms with E-state index in [9.17, 15) is 4.79 Å². The van der Waals surface area contributed by atoms with Crippen molar-refractivity contribution in [3.8, 4) is 0 Å². The van der Waals surface area contributed by atoms with Crippen molar-refractivity contribution in [1.29, 1.82) is 0 Å². The molecule has 7 nitrogen and oxygen atoms in total. The van der Waals surface area contributed by atoms with Crippen molar-refractivity contribution in [2.75, 3.05) is 44.7 Å². The van der Waals surface area contributed by atoms with Crippen molar-refractivity contribution in [2.45, 2.75) is 32.7 Å². The van der Waals surface area contributed by atoms with Crippen LogP contribution in [0, 0.1) is 0 Å². The number of nitrogens with one attached hydrogen (secondary N) is 1. The monoisotopic (exact) mass is 319 g/mol. The van der Waals surface area contributed by atoms with Crippen LogP contribution in [0.4, 0.5) is 10.6 Å². The predicted molar refractivity (Wildman–Crippen MR) is 87.6 cm³/mol. The first-order chi connectivity index (χ1) is 11.1. The molecule has 126 valence electrons. The lowest BCUT2D eigenvalue weighted by Crippen LogP contribution is -2.48. The van der Waals surface area contributed by atoms with Gasteiger partial charge in [0.15, 0.2) is 0 Å². The molecule has 2 aliphatic rings. The number of morpholine rings is 1. The Labute approximate surface area is 137 Å². The van der Waals surface area contributed by atoms with Gasteiger partial charge in [0.2, 0.25) is 0 Å². The largest absolute Gasteiger partial charge is 0.378 e. The van der Waals surface area contributed by atoms with E-state index in [2.05, 4.69) is 29.1 Å². The van der Waals surface area contributed by atoms with Crippen LogP contribution in [-0.2, 0) is 17.6 Å². The molecular weight excluding hydrogens is 294 g/mol. The average molecular weight is 319 g/mol. The molecule has 1 fully saturated rings. The lowest BCUT2D eigenvalue weighted by molar-refractivity contribution is 0.0436. The van der Waals surface area contributed by atoms with Crippen molar-refractivity contribution >= 4 is 11.8 Å². The van der Waals surface area contributed by atoms with Crippen LogP contribution in [0.1, 0.15) is 25.1 Å². The Morgan fingerprint density at radius 1 is 1.13 bits per heavy atom. The number of hydrogen-bond acceptors (Lipinski definition) is 5. The molecule has 0 saturated carbocycles. The molecule has 0 bridgehead atoms. The van der Waals surface area contributed by atoms with Crippen LogP contribution in [0.2, 0.25) is 0 Å². The van der Waals surface area contributed by atoms with Crippen LogP contribution in [-0.4, -0.2) is 71.2 Å². The Morgan fingerprint density at radius 2 is 1.83 bits per heavy atom. The van der Waals surface area contributed by atoms with Gasteiger partial charge in [-0.25, -0.2) is 14.8 Å². The first kappa shape index (κ1) is 16.0. The molecule has 1 N–H and O–H groups in total. The highest BCUT2D eigenvalue weighted by molar-refractivity contribution is 5.74. The molecule has 3 rings (SSSR count). The maximum absolute atomic E-state index is 12.7. The van der Waals surface area contributed by atoms with Crippen LogP contribution < -0.4 is 5.32 Å². The van der Waals surface area contributed by atoms with Gasteiger partial charge in [-0.05, 0) is 20.3 Å². The third-order valence-corrected chi connectivity index (χ3v) is 4.26. The van der Waals surface area contributed by atoms with Gasteiger partial charge >= 0.3 is 6.03 Å². The zero-order chi connectivity index (χ0) is 16.2. The van der Waals surface area contributed by atoms with Gasteiger partial charge in [-0.2, -0.15) is 0 Å². The van der Waals surface area contributed by atoms with Crippen molar-refractivity contribution < 1.29 is 9.53 Å². The van der Waals surface area contributed by atoms with Crippen LogP contribution in [0.15, 0.2) is 6.33 Å². The Morgan fingerprint density at radius 3 is 2.57 bits per heavy atom. The van der Waals surface area contributed by atoms with Gasteiger partial charge in [0.1, 0.15) is 12.1 Å². The summed E-state index contributed by atoms with van der Waals surface area (Å²) in [5.74, 6) is 0.908. The Kier molecular flexibility index (Phi) is 4.95. The molecule has 23 heavy (non-hydrogen) atoms. The first-order valence-electron chi connectivity index (χ1n) is 8.36. The minimum atomic E-state index is 0.118. The Hall–Kier alpha value is -1.89. The number of aromatic nitrogens is 2. The SMILES string of the molecule is CC(C)Nc1ncnc2c1CCN(C(=O)N1CCOCC1)CC2. The second kappa shape index (κ2) is 7.12. The topological polar surface area (TPSA) is 70.6 Å². The lowest BCUT2D eigenvalue weighted by atomic mass is 10.1. The molecule has 0 atom stereocenters. The summed E-state index contributed by atoms with van der Waals surface area (Å²) in [6, 6.07) is 0.441. The van der Waals surface area contributed by atoms with Crippen LogP contribution in [0.5, 0.6) is 0 Å². The first-order valence-corrected chi connectivity index (χ1v) is 8.36. The summed E-state index contributed by atoms with van der Waals surface area (Å²) in [6.07, 6.45) is 3.19. The van der Waals surface area contributed by atoms with Gasteiger partial charge in [-0.15, -0.1) is 0 Å². The fourth-order valence-electron chi connectivity index (χ4n) is 3.07. The van der Waals surface area contributed by atoms with Gasteiger partial charge < -0.3 is 19.9 Å². The number of fused-ring (bicyclic) bond motifs is 1. The van der Waals surface area contributed by atoms with E-state index in [1.54, 1.807) is 6.33 Å². The fraction of sp³-hybridized carbons (Fsp3) is 0.688. The molecule has 2 amide bonds. The van der Waals surface area contributed by atoms with E-state index in [4.69, 9.17) is 4.74 Å². The second-order valence-electron chi connectivity index (χ2n) is 6.32. The molecule has 3 heterocycles. The number of nitrogens with zero attached hydrogens (tertiary/aromatic N) is 4. The molecule has 0 aliphatic carbocycles. The summed E-state index contributed by atoms with van der Waals surface area (Å²) in [5, 5.41) is 3.39. The number of ether oxygens (including phenoxy) is 1. The lowest BCUT2D eigenvalue weighted by Gasteiger charge is -2.32. The maximum atomic E-state index is 12.7. The molecule has 7 heteroatoms. The summed E-state index contributed by atoms with van der Waals surface area (Å²) >= 11 is 0. The maximum Gasteiger partial charge on any atom is 0.320 e. The number of carbonyl (C=O) groups excluding carboxylic acids is 1. The number of amides is 2. The van der Waals surface area contributed by atoms with E-state index < -0.39 is 0 Å². The molecule has 1 aromatic rings. The van der Waals surface area contributed by atoms with E-state index in [0.717, 1.165) is 29.9 Å². The minimum Gasteiger partial charge on any atom is -0.378 e. The molecule has 2 aliphatic heterocycles. The average Bonchev–Trinajstić information content (AvgIpc) is 2.78. The molecule has 1 saturated heterocycles. The Bertz CT molecular complexity index is 557. The normalized spacial score (nSPS) is 18.6. The second-order valence-corrected chi connectivity index (χ2v) is 6.32. The number of rotatable bonds is 2. The number of anilines is 1. The van der Waals surface area contributed by atoms with E-state index in [1.165, 1.54) is 0 Å². The van der Waals surface area contributed by atoms with Gasteiger partial charge in [0.25, 0.3) is 0 Å². The highest BCUT2D eigenvalue weighted by Gasteiger charge is 2.26.